The first-order valence-corrected chi connectivity index (χ1v) is 10.8. The minimum Gasteiger partial charge on any atom is -0.352 e. The molecule has 5 rings (SSSR count). The van der Waals surface area contributed by atoms with Crippen molar-refractivity contribution in [2.45, 2.75) is 32.4 Å². The molecule has 2 aliphatic rings. The topological polar surface area (TPSA) is 58.1 Å². The highest BCUT2D eigenvalue weighted by atomic mass is 32.1. The molecule has 0 bridgehead atoms. The predicted molar refractivity (Wildman–Crippen MR) is 111 cm³/mol. The number of nitrogens with one attached hydrogen (secondary N) is 1. The van der Waals surface area contributed by atoms with Gasteiger partial charge in [0, 0.05) is 24.9 Å². The number of thiazole rings is 1. The Morgan fingerprint density at radius 2 is 2.07 bits per heavy atom. The van der Waals surface area contributed by atoms with Crippen LogP contribution in [0.1, 0.15) is 29.8 Å². The summed E-state index contributed by atoms with van der Waals surface area (Å²) in [7, 11) is 0. The number of carbonyl (C=O) groups is 1. The van der Waals surface area contributed by atoms with Crippen molar-refractivity contribution in [1.82, 2.24) is 20.2 Å². The SMILES string of the molecule is O=C(NCc1cccnc1)[C@H]1CC12CCN(Cc1nc3ccccc3s1)CC2. The molecule has 1 spiro atoms. The van der Waals surface area contributed by atoms with Crippen molar-refractivity contribution in [2.75, 3.05) is 13.1 Å². The smallest absolute Gasteiger partial charge is 0.223 e. The van der Waals surface area contributed by atoms with E-state index in [-0.39, 0.29) is 17.2 Å². The molecule has 3 aromatic rings. The Kier molecular flexibility index (Phi) is 4.61. The number of amides is 1. The van der Waals surface area contributed by atoms with Crippen LogP contribution in [0.5, 0.6) is 0 Å². The van der Waals surface area contributed by atoms with Gasteiger partial charge in [-0.2, -0.15) is 0 Å². The van der Waals surface area contributed by atoms with Gasteiger partial charge in [0.2, 0.25) is 5.91 Å². The Morgan fingerprint density at radius 3 is 2.86 bits per heavy atom. The molecule has 1 atom stereocenters. The summed E-state index contributed by atoms with van der Waals surface area (Å²) in [6, 6.07) is 12.2. The highest BCUT2D eigenvalue weighted by molar-refractivity contribution is 7.18. The molecule has 1 aliphatic carbocycles. The third-order valence-corrected chi connectivity index (χ3v) is 7.27. The van der Waals surface area contributed by atoms with E-state index in [2.05, 4.69) is 33.4 Å². The van der Waals surface area contributed by atoms with E-state index in [1.165, 1.54) is 9.71 Å². The van der Waals surface area contributed by atoms with E-state index in [9.17, 15) is 4.79 Å². The van der Waals surface area contributed by atoms with Crippen LogP contribution in [0, 0.1) is 11.3 Å². The Balaban J connectivity index is 1.12. The molecule has 3 heterocycles. The monoisotopic (exact) mass is 392 g/mol. The Hall–Kier alpha value is -2.31. The van der Waals surface area contributed by atoms with E-state index < -0.39 is 0 Å². The molecule has 0 unspecified atom stereocenters. The van der Waals surface area contributed by atoms with Crippen LogP contribution in [0.3, 0.4) is 0 Å². The van der Waals surface area contributed by atoms with Crippen molar-refractivity contribution in [3.05, 3.63) is 59.4 Å². The van der Waals surface area contributed by atoms with Crippen molar-refractivity contribution in [3.8, 4) is 0 Å². The van der Waals surface area contributed by atoms with Crippen molar-refractivity contribution in [1.29, 1.82) is 0 Å². The van der Waals surface area contributed by atoms with Gasteiger partial charge in [0.1, 0.15) is 5.01 Å². The summed E-state index contributed by atoms with van der Waals surface area (Å²) in [4.78, 5) is 23.9. The summed E-state index contributed by atoms with van der Waals surface area (Å²) in [6.07, 6.45) is 6.83. The van der Waals surface area contributed by atoms with E-state index in [4.69, 9.17) is 4.98 Å². The van der Waals surface area contributed by atoms with Crippen LogP contribution in [0.15, 0.2) is 48.8 Å². The van der Waals surface area contributed by atoms with Crippen molar-refractivity contribution < 1.29 is 4.79 Å². The fourth-order valence-corrected chi connectivity index (χ4v) is 5.43. The quantitative estimate of drug-likeness (QED) is 0.721. The maximum atomic E-state index is 12.6. The molecule has 1 saturated heterocycles. The highest BCUT2D eigenvalue weighted by Gasteiger charge is 2.58. The Labute approximate surface area is 168 Å². The number of benzene rings is 1. The van der Waals surface area contributed by atoms with Crippen molar-refractivity contribution >= 4 is 27.5 Å². The maximum absolute atomic E-state index is 12.6. The van der Waals surface area contributed by atoms with Crippen LogP contribution < -0.4 is 5.32 Å². The van der Waals surface area contributed by atoms with Gasteiger partial charge < -0.3 is 5.32 Å². The maximum Gasteiger partial charge on any atom is 0.223 e. The van der Waals surface area contributed by atoms with Gasteiger partial charge in [-0.15, -0.1) is 11.3 Å². The number of para-hydroxylation sites is 1. The van der Waals surface area contributed by atoms with E-state index in [0.29, 0.717) is 6.54 Å². The van der Waals surface area contributed by atoms with Gasteiger partial charge in [-0.25, -0.2) is 4.98 Å². The molecule has 2 fully saturated rings. The van der Waals surface area contributed by atoms with Crippen molar-refractivity contribution in [2.24, 2.45) is 11.3 Å². The summed E-state index contributed by atoms with van der Waals surface area (Å²) in [6.45, 7) is 3.61. The molecule has 1 aliphatic heterocycles. The number of rotatable bonds is 5. The first-order chi connectivity index (χ1) is 13.7. The summed E-state index contributed by atoms with van der Waals surface area (Å²) in [5, 5.41) is 4.29. The van der Waals surface area contributed by atoms with Crippen LogP contribution in [0.4, 0.5) is 0 Å². The number of pyridine rings is 1. The number of likely N-dealkylation sites (tertiary alicyclic amines) is 1. The van der Waals surface area contributed by atoms with Crippen LogP contribution >= 0.6 is 11.3 Å². The van der Waals surface area contributed by atoms with E-state index in [0.717, 1.165) is 50.0 Å². The first kappa shape index (κ1) is 17.8. The molecule has 144 valence electrons. The van der Waals surface area contributed by atoms with Crippen LogP contribution in [0.25, 0.3) is 10.2 Å². The standard InChI is InChI=1S/C22H24N4OS/c27-21(24-14-16-4-3-9-23-13-16)17-12-22(17)7-10-26(11-8-22)15-20-25-18-5-1-2-6-19(18)28-20/h1-6,9,13,17H,7-8,10-12,14-15H2,(H,24,27)/t17-/m1/s1. The minimum atomic E-state index is 0.189. The molecular weight excluding hydrogens is 368 g/mol. The fraction of sp³-hybridized carbons (Fsp3) is 0.409. The Bertz CT molecular complexity index is 945. The molecule has 1 saturated carbocycles. The summed E-state index contributed by atoms with van der Waals surface area (Å²) in [5.74, 6) is 0.400. The lowest BCUT2D eigenvalue weighted by atomic mass is 9.90. The van der Waals surface area contributed by atoms with Gasteiger partial charge in [-0.3, -0.25) is 14.7 Å². The third-order valence-electron chi connectivity index (χ3n) is 6.24. The number of aromatic nitrogens is 2. The molecule has 5 nitrogen and oxygen atoms in total. The third kappa shape index (κ3) is 3.54. The van der Waals surface area contributed by atoms with Gasteiger partial charge in [0.25, 0.3) is 0 Å². The van der Waals surface area contributed by atoms with Crippen molar-refractivity contribution in [3.63, 3.8) is 0 Å². The number of hydrogen-bond acceptors (Lipinski definition) is 5. The Morgan fingerprint density at radius 1 is 1.21 bits per heavy atom. The zero-order valence-electron chi connectivity index (χ0n) is 15.8. The van der Waals surface area contributed by atoms with E-state index in [1.807, 2.05) is 24.4 Å². The number of carbonyl (C=O) groups excluding carboxylic acids is 1. The van der Waals surface area contributed by atoms with Gasteiger partial charge in [0.05, 0.1) is 16.8 Å². The summed E-state index contributed by atoms with van der Waals surface area (Å²) < 4.78 is 1.26. The number of piperidine rings is 1. The molecule has 1 amide bonds. The zero-order valence-corrected chi connectivity index (χ0v) is 16.6. The van der Waals surface area contributed by atoms with Gasteiger partial charge >= 0.3 is 0 Å². The second-order valence-corrected chi connectivity index (χ2v) is 9.16. The average Bonchev–Trinajstić information content (AvgIpc) is 3.27. The zero-order chi connectivity index (χ0) is 19.0. The van der Waals surface area contributed by atoms with Crippen LogP contribution in [-0.4, -0.2) is 33.9 Å². The average molecular weight is 393 g/mol. The van der Waals surface area contributed by atoms with E-state index in [1.54, 1.807) is 17.5 Å². The van der Waals surface area contributed by atoms with Crippen LogP contribution in [-0.2, 0) is 17.9 Å². The fourth-order valence-electron chi connectivity index (χ4n) is 4.42. The summed E-state index contributed by atoms with van der Waals surface area (Å²) >= 11 is 1.79. The lowest BCUT2D eigenvalue weighted by Crippen LogP contribution is -2.36. The molecule has 1 N–H and O–H groups in total. The van der Waals surface area contributed by atoms with Gasteiger partial charge in [0.15, 0.2) is 0 Å². The number of hydrogen-bond donors (Lipinski definition) is 1. The molecule has 0 radical (unpaired) electrons. The van der Waals surface area contributed by atoms with E-state index >= 15 is 0 Å². The second kappa shape index (κ2) is 7.26. The molecule has 6 heteroatoms. The van der Waals surface area contributed by atoms with Crippen LogP contribution in [0.2, 0.25) is 0 Å². The summed E-state index contributed by atoms with van der Waals surface area (Å²) in [5.41, 5.74) is 2.39. The highest BCUT2D eigenvalue weighted by Crippen LogP contribution is 2.59. The molecule has 2 aromatic heterocycles. The lowest BCUT2D eigenvalue weighted by molar-refractivity contribution is -0.123. The van der Waals surface area contributed by atoms with Gasteiger partial charge in [-0.05, 0) is 61.5 Å². The predicted octanol–water partition coefficient (Wildman–Crippen LogP) is 3.61. The largest absolute Gasteiger partial charge is 0.352 e. The first-order valence-electron chi connectivity index (χ1n) is 9.95. The number of fused-ring (bicyclic) bond motifs is 1. The minimum absolute atomic E-state index is 0.189. The number of nitrogens with zero attached hydrogens (tertiary/aromatic N) is 3. The second-order valence-electron chi connectivity index (χ2n) is 8.05. The normalized spacial score (nSPS) is 21.1. The van der Waals surface area contributed by atoms with Gasteiger partial charge in [-0.1, -0.05) is 18.2 Å². The molecule has 1 aromatic carbocycles. The lowest BCUT2D eigenvalue weighted by Gasteiger charge is -2.32. The molecule has 28 heavy (non-hydrogen) atoms. The molecular formula is C22H24N4OS.